The molecule has 1 atom stereocenters. The predicted octanol–water partition coefficient (Wildman–Crippen LogP) is 1.20. The first kappa shape index (κ1) is 18.0. The summed E-state index contributed by atoms with van der Waals surface area (Å²) in [7, 11) is 2.42. The van der Waals surface area contributed by atoms with Gasteiger partial charge >= 0.3 is 11.9 Å². The number of rotatable bonds is 6. The zero-order chi connectivity index (χ0) is 18.5. The van der Waals surface area contributed by atoms with Gasteiger partial charge in [0.15, 0.2) is 5.92 Å². The van der Waals surface area contributed by atoms with Crippen molar-refractivity contribution < 1.29 is 32.6 Å². The van der Waals surface area contributed by atoms with Crippen LogP contribution >= 0.6 is 0 Å². The summed E-state index contributed by atoms with van der Waals surface area (Å²) in [6.45, 7) is 2.52. The number of furan rings is 1. The van der Waals surface area contributed by atoms with Crippen molar-refractivity contribution in [1.29, 1.82) is 0 Å². The third-order valence-corrected chi connectivity index (χ3v) is 4.25. The minimum absolute atomic E-state index is 0.202. The maximum Gasteiger partial charge on any atom is 0.321 e. The van der Waals surface area contributed by atoms with Crippen molar-refractivity contribution in [2.24, 2.45) is 5.92 Å². The SMILES string of the molecule is COC(=O)C(C(=O)OC)[C@H](c1ccoc1)c1ncc(N2CCOCC2)o1. The fourth-order valence-electron chi connectivity index (χ4n) is 2.90. The molecule has 3 heterocycles. The predicted molar refractivity (Wildman–Crippen MR) is 87.6 cm³/mol. The lowest BCUT2D eigenvalue weighted by atomic mass is 9.87. The Labute approximate surface area is 149 Å². The average Bonchev–Trinajstić information content (AvgIpc) is 3.38. The maximum absolute atomic E-state index is 12.3. The number of methoxy groups -OCH3 is 2. The summed E-state index contributed by atoms with van der Waals surface area (Å²) in [5, 5.41) is 0. The molecular weight excluding hydrogens is 344 g/mol. The minimum Gasteiger partial charge on any atom is -0.472 e. The Balaban J connectivity index is 1.97. The largest absolute Gasteiger partial charge is 0.472 e. The van der Waals surface area contributed by atoms with Gasteiger partial charge in [-0.25, -0.2) is 4.98 Å². The highest BCUT2D eigenvalue weighted by atomic mass is 16.5. The van der Waals surface area contributed by atoms with E-state index in [0.29, 0.717) is 37.8 Å². The number of aromatic nitrogens is 1. The molecule has 1 fully saturated rings. The van der Waals surface area contributed by atoms with Gasteiger partial charge < -0.3 is 27.9 Å². The highest BCUT2D eigenvalue weighted by molar-refractivity contribution is 5.96. The lowest BCUT2D eigenvalue weighted by Gasteiger charge is -2.26. The first-order valence-corrected chi connectivity index (χ1v) is 8.12. The van der Waals surface area contributed by atoms with E-state index >= 15 is 0 Å². The highest BCUT2D eigenvalue weighted by Gasteiger charge is 2.42. The van der Waals surface area contributed by atoms with Crippen molar-refractivity contribution in [2.75, 3.05) is 45.4 Å². The molecule has 0 saturated carbocycles. The van der Waals surface area contributed by atoms with E-state index in [1.54, 1.807) is 12.3 Å². The Kier molecular flexibility index (Phi) is 5.57. The molecule has 2 aromatic rings. The summed E-state index contributed by atoms with van der Waals surface area (Å²) in [5.41, 5.74) is 0.557. The molecule has 1 saturated heterocycles. The second kappa shape index (κ2) is 8.05. The normalized spacial score (nSPS) is 15.7. The van der Waals surface area contributed by atoms with Crippen LogP contribution < -0.4 is 4.90 Å². The minimum atomic E-state index is -1.27. The Hall–Kier alpha value is -2.81. The molecule has 2 aromatic heterocycles. The molecule has 140 valence electrons. The van der Waals surface area contributed by atoms with Gasteiger partial charge in [0.25, 0.3) is 0 Å². The lowest BCUT2D eigenvalue weighted by molar-refractivity contribution is -0.159. The van der Waals surface area contributed by atoms with Crippen LogP contribution in [-0.2, 0) is 23.8 Å². The number of morpholine rings is 1. The molecule has 0 unspecified atom stereocenters. The zero-order valence-electron chi connectivity index (χ0n) is 14.5. The number of hydrogen-bond acceptors (Lipinski definition) is 9. The quantitative estimate of drug-likeness (QED) is 0.552. The molecule has 0 bridgehead atoms. The van der Waals surface area contributed by atoms with Crippen molar-refractivity contribution in [3.63, 3.8) is 0 Å². The Morgan fingerprint density at radius 2 is 1.88 bits per heavy atom. The molecule has 0 N–H and O–H groups in total. The first-order valence-electron chi connectivity index (χ1n) is 8.12. The average molecular weight is 364 g/mol. The molecule has 3 rings (SSSR count). The maximum atomic E-state index is 12.3. The molecule has 1 aliphatic rings. The smallest absolute Gasteiger partial charge is 0.321 e. The van der Waals surface area contributed by atoms with E-state index in [2.05, 4.69) is 4.98 Å². The van der Waals surface area contributed by atoms with Gasteiger partial charge in [-0.05, 0) is 6.07 Å². The second-order valence-electron chi connectivity index (χ2n) is 5.69. The van der Waals surface area contributed by atoms with Crippen molar-refractivity contribution >= 4 is 17.8 Å². The van der Waals surface area contributed by atoms with Crippen LogP contribution in [0.1, 0.15) is 17.4 Å². The van der Waals surface area contributed by atoms with Gasteiger partial charge in [-0.2, -0.15) is 0 Å². The van der Waals surface area contributed by atoms with E-state index in [1.807, 2.05) is 4.90 Å². The molecule has 9 nitrogen and oxygen atoms in total. The fraction of sp³-hybridized carbons (Fsp3) is 0.471. The van der Waals surface area contributed by atoms with Gasteiger partial charge in [-0.15, -0.1) is 0 Å². The van der Waals surface area contributed by atoms with Gasteiger partial charge in [0, 0.05) is 18.7 Å². The summed E-state index contributed by atoms with van der Waals surface area (Å²) >= 11 is 0. The van der Waals surface area contributed by atoms with Gasteiger partial charge in [0.05, 0.1) is 52.1 Å². The van der Waals surface area contributed by atoms with Crippen molar-refractivity contribution in [1.82, 2.24) is 4.98 Å². The standard InChI is InChI=1S/C17H20N2O7/c1-22-16(20)14(17(21)23-2)13(11-3-6-25-10-11)15-18-9-12(26-15)19-4-7-24-8-5-19/h3,6,9-10,13-14H,4-5,7-8H2,1-2H3/t13-/m0/s1. The summed E-state index contributed by atoms with van der Waals surface area (Å²) in [6.07, 6.45) is 4.45. The van der Waals surface area contributed by atoms with Crippen LogP contribution in [0.3, 0.4) is 0 Å². The van der Waals surface area contributed by atoms with Crippen LogP contribution in [0.2, 0.25) is 0 Å². The number of esters is 2. The molecule has 0 radical (unpaired) electrons. The summed E-state index contributed by atoms with van der Waals surface area (Å²) in [5.74, 6) is -2.83. The number of anilines is 1. The van der Waals surface area contributed by atoms with Crippen LogP contribution in [0.15, 0.2) is 33.6 Å². The molecule has 0 spiro atoms. The topological polar surface area (TPSA) is 104 Å². The molecule has 9 heteroatoms. The summed E-state index contributed by atoms with van der Waals surface area (Å²) < 4.78 is 25.9. The number of nitrogens with zero attached hydrogens (tertiary/aromatic N) is 2. The monoisotopic (exact) mass is 364 g/mol. The van der Waals surface area contributed by atoms with Gasteiger partial charge in [0.1, 0.15) is 0 Å². The van der Waals surface area contributed by atoms with E-state index in [4.69, 9.17) is 23.0 Å². The first-order chi connectivity index (χ1) is 12.7. The van der Waals surface area contributed by atoms with Crippen LogP contribution in [0.4, 0.5) is 5.88 Å². The van der Waals surface area contributed by atoms with Crippen molar-refractivity contribution in [3.8, 4) is 0 Å². The zero-order valence-corrected chi connectivity index (χ0v) is 14.5. The fourth-order valence-corrected chi connectivity index (χ4v) is 2.90. The molecular formula is C17H20N2O7. The van der Waals surface area contributed by atoms with E-state index in [0.717, 1.165) is 0 Å². The third kappa shape index (κ3) is 3.57. The van der Waals surface area contributed by atoms with Crippen LogP contribution in [0.25, 0.3) is 0 Å². The molecule has 26 heavy (non-hydrogen) atoms. The molecule has 0 aromatic carbocycles. The number of hydrogen-bond donors (Lipinski definition) is 0. The van der Waals surface area contributed by atoms with E-state index < -0.39 is 23.8 Å². The van der Waals surface area contributed by atoms with Crippen LogP contribution in [-0.4, -0.2) is 57.4 Å². The van der Waals surface area contributed by atoms with Crippen molar-refractivity contribution in [2.45, 2.75) is 5.92 Å². The number of carbonyl (C=O) groups excluding carboxylic acids is 2. The third-order valence-electron chi connectivity index (χ3n) is 4.25. The summed E-state index contributed by atoms with van der Waals surface area (Å²) in [6, 6.07) is 1.64. The number of oxazole rings is 1. The van der Waals surface area contributed by atoms with Crippen LogP contribution in [0.5, 0.6) is 0 Å². The second-order valence-corrected chi connectivity index (χ2v) is 5.69. The highest BCUT2D eigenvalue weighted by Crippen LogP contribution is 2.35. The van der Waals surface area contributed by atoms with E-state index in [9.17, 15) is 9.59 Å². The van der Waals surface area contributed by atoms with Gasteiger partial charge in [-0.1, -0.05) is 0 Å². The van der Waals surface area contributed by atoms with E-state index in [-0.39, 0.29) is 5.89 Å². The Morgan fingerprint density at radius 3 is 2.46 bits per heavy atom. The molecule has 1 aliphatic heterocycles. The van der Waals surface area contributed by atoms with Crippen molar-refractivity contribution in [3.05, 3.63) is 36.2 Å². The van der Waals surface area contributed by atoms with E-state index in [1.165, 1.54) is 26.7 Å². The lowest BCUT2D eigenvalue weighted by Crippen LogP contribution is -2.36. The van der Waals surface area contributed by atoms with Gasteiger partial charge in [0.2, 0.25) is 11.8 Å². The molecule has 0 aliphatic carbocycles. The molecule has 0 amide bonds. The Morgan fingerprint density at radius 1 is 1.19 bits per heavy atom. The number of carbonyl (C=O) groups is 2. The van der Waals surface area contributed by atoms with Gasteiger partial charge in [-0.3, -0.25) is 9.59 Å². The van der Waals surface area contributed by atoms with Crippen LogP contribution in [0, 0.1) is 5.92 Å². The number of ether oxygens (including phenoxy) is 3. The Bertz CT molecular complexity index is 718. The summed E-state index contributed by atoms with van der Waals surface area (Å²) in [4.78, 5) is 30.8.